The Kier molecular flexibility index (Phi) is 6.69. The number of nitrogens with zero attached hydrogens (tertiary/aromatic N) is 1. The summed E-state index contributed by atoms with van der Waals surface area (Å²) >= 11 is 0. The van der Waals surface area contributed by atoms with Gasteiger partial charge in [-0.25, -0.2) is 0 Å². The van der Waals surface area contributed by atoms with Crippen LogP contribution in [-0.2, 0) is 0 Å². The van der Waals surface area contributed by atoms with E-state index in [-0.39, 0.29) is 11.6 Å². The largest absolute Gasteiger partial charge is 0.496 e. The number of methoxy groups -OCH3 is 1. The molecule has 1 aromatic rings. The molecule has 0 heterocycles. The molecular weight excluding hydrogens is 260 g/mol. The van der Waals surface area contributed by atoms with E-state index in [0.29, 0.717) is 0 Å². The molecule has 0 bridgehead atoms. The van der Waals surface area contributed by atoms with E-state index in [1.807, 2.05) is 7.05 Å². The minimum absolute atomic E-state index is 0.0549. The van der Waals surface area contributed by atoms with Crippen LogP contribution in [0.4, 0.5) is 0 Å². The summed E-state index contributed by atoms with van der Waals surface area (Å²) < 4.78 is 5.61. The summed E-state index contributed by atoms with van der Waals surface area (Å²) in [7, 11) is 3.80. The van der Waals surface area contributed by atoms with Gasteiger partial charge < -0.3 is 10.1 Å². The van der Waals surface area contributed by atoms with Crippen LogP contribution in [0.1, 0.15) is 51.3 Å². The average Bonchev–Trinajstić information content (AvgIpc) is 2.49. The van der Waals surface area contributed by atoms with Crippen molar-refractivity contribution < 1.29 is 4.74 Å². The van der Waals surface area contributed by atoms with Gasteiger partial charge in [0.1, 0.15) is 5.75 Å². The minimum Gasteiger partial charge on any atom is -0.496 e. The van der Waals surface area contributed by atoms with Crippen LogP contribution in [0.5, 0.6) is 5.75 Å². The Bertz CT molecular complexity index is 443. The molecule has 0 aromatic heterocycles. The van der Waals surface area contributed by atoms with Gasteiger partial charge in [0.15, 0.2) is 0 Å². The van der Waals surface area contributed by atoms with Crippen molar-refractivity contribution in [3.8, 4) is 5.75 Å². The van der Waals surface area contributed by atoms with E-state index in [0.717, 1.165) is 25.3 Å². The Hall–Kier alpha value is -1.06. The molecule has 0 aliphatic carbocycles. The molecular formula is C18H32N2O. The highest BCUT2D eigenvalue weighted by Crippen LogP contribution is 2.38. The minimum atomic E-state index is 0.0549. The molecule has 0 spiro atoms. The van der Waals surface area contributed by atoms with E-state index < -0.39 is 0 Å². The van der Waals surface area contributed by atoms with Crippen LogP contribution >= 0.6 is 0 Å². The van der Waals surface area contributed by atoms with Crippen LogP contribution in [0.3, 0.4) is 0 Å². The molecule has 0 fully saturated rings. The van der Waals surface area contributed by atoms with Gasteiger partial charge in [-0.1, -0.05) is 38.5 Å². The lowest BCUT2D eigenvalue weighted by molar-refractivity contribution is 0.0718. The molecule has 0 aliphatic heterocycles. The van der Waals surface area contributed by atoms with Gasteiger partial charge in [-0.05, 0) is 46.5 Å². The van der Waals surface area contributed by atoms with Gasteiger partial charge in [0.25, 0.3) is 0 Å². The SMILES string of the molecule is CCN(CC)C(C)(CC)C(NC)c1cc(C)ccc1OC. The molecule has 0 saturated carbocycles. The predicted molar refractivity (Wildman–Crippen MR) is 91.1 cm³/mol. The van der Waals surface area contributed by atoms with Gasteiger partial charge in [-0.3, -0.25) is 4.90 Å². The van der Waals surface area contributed by atoms with Crippen molar-refractivity contribution in [2.75, 3.05) is 27.2 Å². The fourth-order valence-corrected chi connectivity index (χ4v) is 3.44. The maximum absolute atomic E-state index is 5.61. The second-order valence-corrected chi connectivity index (χ2v) is 5.85. The summed E-state index contributed by atoms with van der Waals surface area (Å²) in [6.07, 6.45) is 1.08. The number of likely N-dealkylation sites (N-methyl/N-ethyl adjacent to an activating group) is 2. The molecule has 3 nitrogen and oxygen atoms in total. The molecule has 0 radical (unpaired) electrons. The van der Waals surface area contributed by atoms with Crippen molar-refractivity contribution in [2.45, 2.75) is 52.6 Å². The first kappa shape index (κ1) is 18.0. The maximum atomic E-state index is 5.61. The fourth-order valence-electron chi connectivity index (χ4n) is 3.44. The standard InChI is InChI=1S/C18H32N2O/c1-8-18(5,20(9-2)10-3)17(19-6)15-13-14(4)11-12-16(15)21-7/h11-13,17,19H,8-10H2,1-7H3. The maximum Gasteiger partial charge on any atom is 0.123 e. The summed E-state index contributed by atoms with van der Waals surface area (Å²) in [5.74, 6) is 0.965. The zero-order chi connectivity index (χ0) is 16.0. The van der Waals surface area contributed by atoms with Gasteiger partial charge in [-0.15, -0.1) is 0 Å². The Balaban J connectivity index is 3.36. The Morgan fingerprint density at radius 2 is 1.86 bits per heavy atom. The number of benzene rings is 1. The van der Waals surface area contributed by atoms with Crippen molar-refractivity contribution in [1.82, 2.24) is 10.2 Å². The Morgan fingerprint density at radius 3 is 2.29 bits per heavy atom. The van der Waals surface area contributed by atoms with Gasteiger partial charge in [0, 0.05) is 11.1 Å². The van der Waals surface area contributed by atoms with Crippen LogP contribution in [0.15, 0.2) is 18.2 Å². The van der Waals surface area contributed by atoms with Crippen molar-refractivity contribution in [3.05, 3.63) is 29.3 Å². The normalized spacial score (nSPS) is 15.8. The third kappa shape index (κ3) is 3.58. The average molecular weight is 292 g/mol. The van der Waals surface area contributed by atoms with Gasteiger partial charge in [0.05, 0.1) is 13.2 Å². The smallest absolute Gasteiger partial charge is 0.123 e. The molecule has 1 rings (SSSR count). The van der Waals surface area contributed by atoms with Gasteiger partial charge in [0.2, 0.25) is 0 Å². The second kappa shape index (κ2) is 7.81. The third-order valence-electron chi connectivity index (χ3n) is 4.81. The second-order valence-electron chi connectivity index (χ2n) is 5.85. The van der Waals surface area contributed by atoms with E-state index in [2.05, 4.69) is 63.0 Å². The van der Waals surface area contributed by atoms with Crippen molar-refractivity contribution in [2.24, 2.45) is 0 Å². The number of aryl methyl sites for hydroxylation is 1. The molecule has 1 N–H and O–H groups in total. The Morgan fingerprint density at radius 1 is 1.24 bits per heavy atom. The fraction of sp³-hybridized carbons (Fsp3) is 0.667. The third-order valence-corrected chi connectivity index (χ3v) is 4.81. The van der Waals surface area contributed by atoms with E-state index in [4.69, 9.17) is 4.74 Å². The highest BCUT2D eigenvalue weighted by atomic mass is 16.5. The first-order chi connectivity index (χ1) is 9.98. The summed E-state index contributed by atoms with van der Waals surface area (Å²) in [6, 6.07) is 6.66. The van der Waals surface area contributed by atoms with Crippen LogP contribution in [0.25, 0.3) is 0 Å². The lowest BCUT2D eigenvalue weighted by Gasteiger charge is -2.46. The van der Waals surface area contributed by atoms with Crippen LogP contribution in [-0.4, -0.2) is 37.7 Å². The van der Waals surface area contributed by atoms with Crippen LogP contribution in [0.2, 0.25) is 0 Å². The molecule has 2 unspecified atom stereocenters. The number of nitrogens with one attached hydrogen (secondary N) is 1. The highest BCUT2D eigenvalue weighted by Gasteiger charge is 2.38. The summed E-state index contributed by atoms with van der Waals surface area (Å²) in [6.45, 7) is 13.3. The van der Waals surface area contributed by atoms with Gasteiger partial charge >= 0.3 is 0 Å². The summed E-state index contributed by atoms with van der Waals surface area (Å²) in [4.78, 5) is 2.54. The highest BCUT2D eigenvalue weighted by molar-refractivity contribution is 5.40. The van der Waals surface area contributed by atoms with E-state index in [1.54, 1.807) is 7.11 Å². The molecule has 0 aliphatic rings. The van der Waals surface area contributed by atoms with Crippen molar-refractivity contribution in [1.29, 1.82) is 0 Å². The molecule has 1 aromatic carbocycles. The number of ether oxygens (including phenoxy) is 1. The molecule has 21 heavy (non-hydrogen) atoms. The van der Waals surface area contributed by atoms with Crippen molar-refractivity contribution in [3.63, 3.8) is 0 Å². The number of rotatable bonds is 8. The van der Waals surface area contributed by atoms with E-state index >= 15 is 0 Å². The zero-order valence-corrected chi connectivity index (χ0v) is 14.8. The van der Waals surface area contributed by atoms with Gasteiger partial charge in [-0.2, -0.15) is 0 Å². The lowest BCUT2D eigenvalue weighted by Crippen LogP contribution is -2.53. The topological polar surface area (TPSA) is 24.5 Å². The monoisotopic (exact) mass is 292 g/mol. The van der Waals surface area contributed by atoms with E-state index in [9.17, 15) is 0 Å². The summed E-state index contributed by atoms with van der Waals surface area (Å²) in [5.41, 5.74) is 2.57. The molecule has 2 atom stereocenters. The quantitative estimate of drug-likeness (QED) is 0.789. The van der Waals surface area contributed by atoms with Crippen molar-refractivity contribution >= 4 is 0 Å². The van der Waals surface area contributed by atoms with E-state index in [1.165, 1.54) is 11.1 Å². The predicted octanol–water partition coefficient (Wildman–Crippen LogP) is 3.77. The molecule has 3 heteroatoms. The molecule has 0 saturated heterocycles. The molecule has 120 valence electrons. The zero-order valence-electron chi connectivity index (χ0n) is 14.8. The first-order valence-electron chi connectivity index (χ1n) is 8.05. The van der Waals surface area contributed by atoms with Crippen LogP contribution in [0, 0.1) is 6.92 Å². The summed E-state index contributed by atoms with van der Waals surface area (Å²) in [5, 5.41) is 3.54. The number of hydrogen-bond acceptors (Lipinski definition) is 3. The lowest BCUT2D eigenvalue weighted by atomic mass is 9.82. The molecule has 0 amide bonds. The first-order valence-corrected chi connectivity index (χ1v) is 8.05. The number of hydrogen-bond donors (Lipinski definition) is 1. The Labute approximate surface area is 130 Å². The van der Waals surface area contributed by atoms with Crippen LogP contribution < -0.4 is 10.1 Å².